The van der Waals surface area contributed by atoms with Crippen molar-refractivity contribution in [3.05, 3.63) is 52.0 Å². The van der Waals surface area contributed by atoms with E-state index >= 15 is 0 Å². The highest BCUT2D eigenvalue weighted by Gasteiger charge is 2.01. The molecule has 0 spiro atoms. The van der Waals surface area contributed by atoms with Gasteiger partial charge >= 0.3 is 0 Å². The molecular formula is C13H12BrFN2O. The quantitative estimate of drug-likeness (QED) is 0.851. The van der Waals surface area contributed by atoms with Gasteiger partial charge in [-0.05, 0) is 52.2 Å². The van der Waals surface area contributed by atoms with Crippen molar-refractivity contribution in [1.29, 1.82) is 0 Å². The van der Waals surface area contributed by atoms with E-state index in [1.165, 1.54) is 12.1 Å². The number of rotatable bonds is 3. The highest BCUT2D eigenvalue weighted by Crippen LogP contribution is 2.19. The first-order valence-electron chi connectivity index (χ1n) is 5.39. The maximum absolute atomic E-state index is 13.1. The number of benzene rings is 1. The summed E-state index contributed by atoms with van der Waals surface area (Å²) < 4.78 is 13.9. The van der Waals surface area contributed by atoms with Crippen molar-refractivity contribution in [2.45, 2.75) is 13.5 Å². The van der Waals surface area contributed by atoms with Crippen LogP contribution in [0.1, 0.15) is 11.1 Å². The summed E-state index contributed by atoms with van der Waals surface area (Å²) in [6.07, 6.45) is 1.69. The Morgan fingerprint density at radius 3 is 2.78 bits per heavy atom. The van der Waals surface area contributed by atoms with Crippen molar-refractivity contribution in [1.82, 2.24) is 4.98 Å². The molecule has 0 aliphatic heterocycles. The third kappa shape index (κ3) is 3.20. The van der Waals surface area contributed by atoms with Crippen molar-refractivity contribution >= 4 is 21.6 Å². The van der Waals surface area contributed by atoms with Crippen LogP contribution in [0, 0.1) is 12.7 Å². The number of hydrogen-bond donors (Lipinski definition) is 2. The van der Waals surface area contributed by atoms with Gasteiger partial charge in [0.2, 0.25) is 0 Å². The second-order valence-electron chi connectivity index (χ2n) is 4.00. The van der Waals surface area contributed by atoms with Gasteiger partial charge in [-0.15, -0.1) is 0 Å². The van der Waals surface area contributed by atoms with E-state index < -0.39 is 5.82 Å². The van der Waals surface area contributed by atoms with E-state index in [1.54, 1.807) is 6.20 Å². The number of anilines is 1. The number of aryl methyl sites for hydroxylation is 1. The number of phenols is 1. The van der Waals surface area contributed by atoms with Crippen molar-refractivity contribution in [2.75, 3.05) is 5.32 Å². The van der Waals surface area contributed by atoms with Gasteiger partial charge in [0.1, 0.15) is 16.2 Å². The molecule has 0 aliphatic carbocycles. The minimum atomic E-state index is -0.447. The molecule has 0 aliphatic rings. The van der Waals surface area contributed by atoms with E-state index in [0.717, 1.165) is 21.9 Å². The highest BCUT2D eigenvalue weighted by molar-refractivity contribution is 9.10. The van der Waals surface area contributed by atoms with E-state index in [4.69, 9.17) is 0 Å². The van der Waals surface area contributed by atoms with E-state index in [0.29, 0.717) is 12.1 Å². The van der Waals surface area contributed by atoms with Gasteiger partial charge in [0.25, 0.3) is 0 Å². The smallest absolute Gasteiger partial charge is 0.127 e. The molecule has 0 atom stereocenters. The number of nitrogens with zero attached hydrogens (tertiary/aromatic N) is 1. The average Bonchev–Trinajstić information content (AvgIpc) is 2.29. The van der Waals surface area contributed by atoms with Crippen LogP contribution in [0.15, 0.2) is 35.1 Å². The fourth-order valence-electron chi connectivity index (χ4n) is 1.59. The first-order valence-corrected chi connectivity index (χ1v) is 6.18. The molecule has 2 aromatic rings. The Labute approximate surface area is 113 Å². The Morgan fingerprint density at radius 1 is 1.33 bits per heavy atom. The summed E-state index contributed by atoms with van der Waals surface area (Å²) in [7, 11) is 0. The van der Waals surface area contributed by atoms with Crippen molar-refractivity contribution < 1.29 is 9.50 Å². The Balaban J connectivity index is 2.08. The minimum absolute atomic E-state index is 0.0723. The van der Waals surface area contributed by atoms with Crippen LogP contribution >= 0.6 is 15.9 Å². The normalized spacial score (nSPS) is 10.4. The van der Waals surface area contributed by atoms with Gasteiger partial charge in [0, 0.05) is 12.6 Å². The fourth-order valence-corrected chi connectivity index (χ4v) is 1.81. The standard InChI is InChI=1S/C13H12BrFN2O/c1-8-2-11(7-17-13(8)14)16-6-9-3-10(15)5-12(18)4-9/h2-5,7,16,18H,6H2,1H3. The molecule has 3 nitrogen and oxygen atoms in total. The molecule has 0 saturated carbocycles. The van der Waals surface area contributed by atoms with Crippen LogP contribution in [0.2, 0.25) is 0 Å². The van der Waals surface area contributed by atoms with Crippen LogP contribution < -0.4 is 5.32 Å². The number of aromatic nitrogens is 1. The van der Waals surface area contributed by atoms with Gasteiger partial charge in [-0.2, -0.15) is 0 Å². The first kappa shape index (κ1) is 12.8. The van der Waals surface area contributed by atoms with Crippen LogP contribution in [0.4, 0.5) is 10.1 Å². The van der Waals surface area contributed by atoms with Gasteiger partial charge < -0.3 is 10.4 Å². The highest BCUT2D eigenvalue weighted by atomic mass is 79.9. The molecule has 94 valence electrons. The minimum Gasteiger partial charge on any atom is -0.508 e. The molecule has 1 heterocycles. The molecule has 5 heteroatoms. The van der Waals surface area contributed by atoms with Crippen LogP contribution in [-0.4, -0.2) is 10.1 Å². The summed E-state index contributed by atoms with van der Waals surface area (Å²) in [5, 5.41) is 12.4. The predicted molar refractivity (Wildman–Crippen MR) is 72.1 cm³/mol. The molecule has 0 amide bonds. The maximum Gasteiger partial charge on any atom is 0.127 e. The van der Waals surface area contributed by atoms with Crippen molar-refractivity contribution in [2.24, 2.45) is 0 Å². The lowest BCUT2D eigenvalue weighted by molar-refractivity contribution is 0.468. The second kappa shape index (κ2) is 5.35. The molecular weight excluding hydrogens is 299 g/mol. The van der Waals surface area contributed by atoms with E-state index in [9.17, 15) is 9.50 Å². The lowest BCUT2D eigenvalue weighted by Gasteiger charge is -2.08. The number of aromatic hydroxyl groups is 1. The van der Waals surface area contributed by atoms with Crippen molar-refractivity contribution in [3.8, 4) is 5.75 Å². The third-order valence-corrected chi connectivity index (χ3v) is 3.28. The molecule has 0 fully saturated rings. The molecule has 2 N–H and O–H groups in total. The molecule has 1 aromatic carbocycles. The number of phenolic OH excluding ortho intramolecular Hbond substituents is 1. The molecule has 2 rings (SSSR count). The zero-order valence-corrected chi connectivity index (χ0v) is 11.3. The number of hydrogen-bond acceptors (Lipinski definition) is 3. The Hall–Kier alpha value is -1.62. The van der Waals surface area contributed by atoms with E-state index in [-0.39, 0.29) is 5.75 Å². The summed E-state index contributed by atoms with van der Waals surface area (Å²) in [6, 6.07) is 5.92. The molecule has 0 radical (unpaired) electrons. The number of halogens is 2. The largest absolute Gasteiger partial charge is 0.508 e. The van der Waals surface area contributed by atoms with Gasteiger partial charge in [-0.3, -0.25) is 0 Å². The van der Waals surface area contributed by atoms with Crippen LogP contribution in [0.3, 0.4) is 0 Å². The van der Waals surface area contributed by atoms with Gasteiger partial charge in [0.05, 0.1) is 11.9 Å². The summed E-state index contributed by atoms with van der Waals surface area (Å²) in [5.41, 5.74) is 2.54. The monoisotopic (exact) mass is 310 g/mol. The van der Waals surface area contributed by atoms with Gasteiger partial charge in [0.15, 0.2) is 0 Å². The summed E-state index contributed by atoms with van der Waals surface area (Å²) in [4.78, 5) is 4.16. The van der Waals surface area contributed by atoms with Crippen molar-refractivity contribution in [3.63, 3.8) is 0 Å². The Morgan fingerprint density at radius 2 is 2.11 bits per heavy atom. The van der Waals surface area contributed by atoms with Crippen LogP contribution in [0.25, 0.3) is 0 Å². The Kier molecular flexibility index (Phi) is 3.81. The van der Waals surface area contributed by atoms with Gasteiger partial charge in [-0.1, -0.05) is 0 Å². The van der Waals surface area contributed by atoms with E-state index in [2.05, 4.69) is 26.2 Å². The number of pyridine rings is 1. The van der Waals surface area contributed by atoms with E-state index in [1.807, 2.05) is 13.0 Å². The SMILES string of the molecule is Cc1cc(NCc2cc(O)cc(F)c2)cnc1Br. The van der Waals surface area contributed by atoms with Gasteiger partial charge in [-0.25, -0.2) is 9.37 Å². The third-order valence-electron chi connectivity index (χ3n) is 2.45. The molecule has 0 unspecified atom stereocenters. The molecule has 0 saturated heterocycles. The first-order chi connectivity index (χ1) is 8.54. The number of nitrogens with one attached hydrogen (secondary N) is 1. The zero-order chi connectivity index (χ0) is 13.1. The summed E-state index contributed by atoms with van der Waals surface area (Å²) in [6.45, 7) is 2.37. The predicted octanol–water partition coefficient (Wildman–Crippen LogP) is 3.61. The summed E-state index contributed by atoms with van der Waals surface area (Å²) >= 11 is 3.32. The van der Waals surface area contributed by atoms with Crippen LogP contribution in [-0.2, 0) is 6.54 Å². The topological polar surface area (TPSA) is 45.1 Å². The fraction of sp³-hybridized carbons (Fsp3) is 0.154. The Bertz CT molecular complexity index is 555. The van der Waals surface area contributed by atoms with Crippen LogP contribution in [0.5, 0.6) is 5.75 Å². The average molecular weight is 311 g/mol. The molecule has 1 aromatic heterocycles. The lowest BCUT2D eigenvalue weighted by Crippen LogP contribution is -2.00. The lowest BCUT2D eigenvalue weighted by atomic mass is 10.2. The molecule has 0 bridgehead atoms. The second-order valence-corrected chi connectivity index (χ2v) is 4.75. The zero-order valence-electron chi connectivity index (χ0n) is 9.74. The maximum atomic E-state index is 13.1. The molecule has 18 heavy (non-hydrogen) atoms. The summed E-state index contributed by atoms with van der Waals surface area (Å²) in [5.74, 6) is -0.520.